The number of halogens is 1. The minimum Gasteiger partial charge on any atom is -0.497 e. The number of carbonyl (C=O) groups is 1. The Morgan fingerprint density at radius 2 is 1.65 bits per heavy atom. The number of carbonyl (C=O) groups excluding carboxylic acids is 1. The molecule has 0 spiro atoms. The van der Waals surface area contributed by atoms with Gasteiger partial charge in [-0.15, -0.1) is 0 Å². The van der Waals surface area contributed by atoms with Crippen LogP contribution >= 0.6 is 15.9 Å². The van der Waals surface area contributed by atoms with Gasteiger partial charge in [0.15, 0.2) is 0 Å². The van der Waals surface area contributed by atoms with E-state index in [-0.39, 0.29) is 23.9 Å². The van der Waals surface area contributed by atoms with Crippen LogP contribution in [0.4, 0.5) is 5.69 Å². The number of amides is 1. The number of anilines is 1. The van der Waals surface area contributed by atoms with Gasteiger partial charge in [0.1, 0.15) is 5.75 Å². The molecule has 0 saturated heterocycles. The van der Waals surface area contributed by atoms with E-state index in [4.69, 9.17) is 4.74 Å². The summed E-state index contributed by atoms with van der Waals surface area (Å²) in [6, 6.07) is 13.3. The van der Waals surface area contributed by atoms with Gasteiger partial charge in [-0.25, -0.2) is 8.42 Å². The minimum absolute atomic E-state index is 0.155. The van der Waals surface area contributed by atoms with Crippen molar-refractivity contribution < 1.29 is 17.9 Å². The summed E-state index contributed by atoms with van der Waals surface area (Å²) in [5, 5.41) is 0. The fraction of sp³-hybridized carbons (Fsp3) is 0.278. The van der Waals surface area contributed by atoms with E-state index in [0.717, 1.165) is 4.47 Å². The SMILES string of the molecule is CCN(CC(=O)N(C)c1ccc(OC)cc1)S(=O)(=O)c1ccc(Br)cc1. The molecule has 8 heteroatoms. The van der Waals surface area contributed by atoms with Crippen molar-refractivity contribution in [2.45, 2.75) is 11.8 Å². The Morgan fingerprint density at radius 3 is 2.15 bits per heavy atom. The number of sulfonamides is 1. The monoisotopic (exact) mass is 440 g/mol. The number of hydrogen-bond donors (Lipinski definition) is 0. The molecule has 6 nitrogen and oxygen atoms in total. The predicted molar refractivity (Wildman–Crippen MR) is 105 cm³/mol. The highest BCUT2D eigenvalue weighted by Crippen LogP contribution is 2.21. The molecule has 0 aromatic heterocycles. The molecule has 2 rings (SSSR count). The van der Waals surface area contributed by atoms with Crippen LogP contribution in [0.3, 0.4) is 0 Å². The Hall–Kier alpha value is -1.90. The lowest BCUT2D eigenvalue weighted by Crippen LogP contribution is -2.41. The van der Waals surface area contributed by atoms with Crippen molar-refractivity contribution in [1.82, 2.24) is 4.31 Å². The largest absolute Gasteiger partial charge is 0.497 e. The maximum Gasteiger partial charge on any atom is 0.243 e. The van der Waals surface area contributed by atoms with E-state index in [0.29, 0.717) is 11.4 Å². The van der Waals surface area contributed by atoms with Gasteiger partial charge in [-0.2, -0.15) is 4.31 Å². The van der Waals surface area contributed by atoms with Crippen LogP contribution in [0.15, 0.2) is 57.9 Å². The third kappa shape index (κ3) is 4.63. The average Bonchev–Trinajstić information content (AvgIpc) is 2.65. The summed E-state index contributed by atoms with van der Waals surface area (Å²) in [6.45, 7) is 1.66. The molecular formula is C18H21BrN2O4S. The summed E-state index contributed by atoms with van der Waals surface area (Å²) < 4.78 is 32.6. The maximum atomic E-state index is 12.8. The van der Waals surface area contributed by atoms with Gasteiger partial charge in [0.05, 0.1) is 18.6 Å². The van der Waals surface area contributed by atoms with E-state index in [1.165, 1.54) is 21.3 Å². The molecule has 1 amide bonds. The standard InChI is InChI=1S/C18H21BrN2O4S/c1-4-21(26(23,24)17-11-5-14(19)6-12-17)13-18(22)20(2)15-7-9-16(25-3)10-8-15/h5-12H,4,13H2,1-3H3. The summed E-state index contributed by atoms with van der Waals surface area (Å²) in [5.41, 5.74) is 0.660. The maximum absolute atomic E-state index is 12.8. The molecule has 2 aromatic carbocycles. The van der Waals surface area contributed by atoms with E-state index in [9.17, 15) is 13.2 Å². The molecule has 0 unspecified atom stereocenters. The van der Waals surface area contributed by atoms with Crippen LogP contribution in [0.1, 0.15) is 6.92 Å². The molecule has 0 aliphatic heterocycles. The molecule has 0 N–H and O–H groups in total. The van der Waals surface area contributed by atoms with Gasteiger partial charge in [0.25, 0.3) is 0 Å². The molecule has 0 bridgehead atoms. The third-order valence-corrected chi connectivity index (χ3v) is 6.41. The summed E-state index contributed by atoms with van der Waals surface area (Å²) in [4.78, 5) is 14.2. The van der Waals surface area contributed by atoms with Crippen LogP contribution in [0.5, 0.6) is 5.75 Å². The Labute approximate surface area is 162 Å². The predicted octanol–water partition coefficient (Wildman–Crippen LogP) is 3.13. The number of nitrogens with zero attached hydrogens (tertiary/aromatic N) is 2. The molecule has 26 heavy (non-hydrogen) atoms. The second-order valence-electron chi connectivity index (χ2n) is 5.54. The highest BCUT2D eigenvalue weighted by Gasteiger charge is 2.26. The summed E-state index contributed by atoms with van der Waals surface area (Å²) in [5.74, 6) is 0.361. The molecule has 0 heterocycles. The Kier molecular flexibility index (Phi) is 6.80. The highest BCUT2D eigenvalue weighted by molar-refractivity contribution is 9.10. The first-order valence-corrected chi connectivity index (χ1v) is 10.2. The van der Waals surface area contributed by atoms with Gasteiger partial charge < -0.3 is 9.64 Å². The van der Waals surface area contributed by atoms with Crippen LogP contribution < -0.4 is 9.64 Å². The number of benzene rings is 2. The lowest BCUT2D eigenvalue weighted by Gasteiger charge is -2.24. The molecule has 0 aliphatic rings. The van der Waals surface area contributed by atoms with E-state index < -0.39 is 10.0 Å². The van der Waals surface area contributed by atoms with Gasteiger partial charge in [-0.3, -0.25) is 4.79 Å². The zero-order valence-corrected chi connectivity index (χ0v) is 17.2. The first kappa shape index (κ1) is 20.4. The number of ether oxygens (including phenoxy) is 1. The Balaban J connectivity index is 2.17. The van der Waals surface area contributed by atoms with Crippen LogP contribution in [0.25, 0.3) is 0 Å². The van der Waals surface area contributed by atoms with E-state index in [1.54, 1.807) is 57.5 Å². The number of rotatable bonds is 7. The number of hydrogen-bond acceptors (Lipinski definition) is 4. The third-order valence-electron chi connectivity index (χ3n) is 3.95. The molecule has 0 atom stereocenters. The molecule has 0 aliphatic carbocycles. The Morgan fingerprint density at radius 1 is 1.08 bits per heavy atom. The van der Waals surface area contributed by atoms with Crippen molar-refractivity contribution in [3.63, 3.8) is 0 Å². The zero-order chi connectivity index (χ0) is 19.3. The highest BCUT2D eigenvalue weighted by atomic mass is 79.9. The van der Waals surface area contributed by atoms with Gasteiger partial charge in [-0.05, 0) is 48.5 Å². The van der Waals surface area contributed by atoms with E-state index in [1.807, 2.05) is 0 Å². The quantitative estimate of drug-likeness (QED) is 0.662. The van der Waals surface area contributed by atoms with Gasteiger partial charge in [0, 0.05) is 23.8 Å². The average molecular weight is 441 g/mol. The second-order valence-corrected chi connectivity index (χ2v) is 8.39. The fourth-order valence-electron chi connectivity index (χ4n) is 2.33. The van der Waals surface area contributed by atoms with E-state index >= 15 is 0 Å². The van der Waals surface area contributed by atoms with Crippen molar-refractivity contribution in [1.29, 1.82) is 0 Å². The lowest BCUT2D eigenvalue weighted by atomic mass is 10.3. The lowest BCUT2D eigenvalue weighted by molar-refractivity contribution is -0.118. The normalized spacial score (nSPS) is 11.4. The zero-order valence-electron chi connectivity index (χ0n) is 14.8. The summed E-state index contributed by atoms with van der Waals surface area (Å²) in [6.07, 6.45) is 0. The minimum atomic E-state index is -3.74. The van der Waals surface area contributed by atoms with E-state index in [2.05, 4.69) is 15.9 Å². The van der Waals surface area contributed by atoms with Crippen molar-refractivity contribution >= 4 is 37.5 Å². The number of methoxy groups -OCH3 is 1. The first-order valence-electron chi connectivity index (χ1n) is 7.96. The van der Waals surface area contributed by atoms with Crippen LogP contribution in [0, 0.1) is 0 Å². The molecule has 0 fully saturated rings. The topological polar surface area (TPSA) is 66.9 Å². The van der Waals surface area contributed by atoms with Crippen molar-refractivity contribution in [3.8, 4) is 5.75 Å². The second kappa shape index (κ2) is 8.66. The van der Waals surface area contributed by atoms with Crippen LogP contribution in [-0.2, 0) is 14.8 Å². The van der Waals surface area contributed by atoms with Gasteiger partial charge >= 0.3 is 0 Å². The van der Waals surface area contributed by atoms with Crippen LogP contribution in [0.2, 0.25) is 0 Å². The molecule has 140 valence electrons. The van der Waals surface area contributed by atoms with Crippen molar-refractivity contribution in [2.75, 3.05) is 32.1 Å². The van der Waals surface area contributed by atoms with Crippen molar-refractivity contribution in [2.24, 2.45) is 0 Å². The summed E-state index contributed by atoms with van der Waals surface area (Å²) >= 11 is 3.28. The molecular weight excluding hydrogens is 420 g/mol. The fourth-order valence-corrected chi connectivity index (χ4v) is 3.99. The first-order chi connectivity index (χ1) is 12.3. The van der Waals surface area contributed by atoms with Crippen molar-refractivity contribution in [3.05, 3.63) is 53.0 Å². The Bertz CT molecular complexity index is 852. The summed E-state index contributed by atoms with van der Waals surface area (Å²) in [7, 11) is -0.564. The number of likely N-dealkylation sites (N-methyl/N-ethyl adjacent to an activating group) is 2. The molecule has 0 saturated carbocycles. The van der Waals surface area contributed by atoms with Crippen LogP contribution in [-0.4, -0.2) is 45.9 Å². The van der Waals surface area contributed by atoms with Gasteiger partial charge in [-0.1, -0.05) is 22.9 Å². The smallest absolute Gasteiger partial charge is 0.243 e. The van der Waals surface area contributed by atoms with Gasteiger partial charge in [0.2, 0.25) is 15.9 Å². The molecule has 0 radical (unpaired) electrons. The molecule has 2 aromatic rings.